The molecule has 1 aromatic carbocycles. The van der Waals surface area contributed by atoms with Gasteiger partial charge >= 0.3 is 0 Å². The summed E-state index contributed by atoms with van der Waals surface area (Å²) in [5.74, 6) is 1.71. The van der Waals surface area contributed by atoms with Gasteiger partial charge in [0.25, 0.3) is 0 Å². The molecule has 1 aromatic rings. The van der Waals surface area contributed by atoms with E-state index < -0.39 is 0 Å². The predicted molar refractivity (Wildman–Crippen MR) is 79.8 cm³/mol. The molecule has 0 spiro atoms. The number of methoxy groups -OCH3 is 1. The first-order valence-corrected chi connectivity index (χ1v) is 7.19. The van der Waals surface area contributed by atoms with Crippen LogP contribution in [0.2, 0.25) is 0 Å². The fraction of sp³-hybridized carbons (Fsp3) is 0.625. The highest BCUT2D eigenvalue weighted by molar-refractivity contribution is 5.31. The maximum atomic E-state index is 6.39. The zero-order valence-electron chi connectivity index (χ0n) is 12.4. The lowest BCUT2D eigenvalue weighted by Crippen LogP contribution is -2.40. The van der Waals surface area contributed by atoms with Gasteiger partial charge < -0.3 is 15.2 Å². The van der Waals surface area contributed by atoms with Crippen molar-refractivity contribution in [2.75, 3.05) is 13.7 Å². The Morgan fingerprint density at radius 3 is 2.21 bits per heavy atom. The summed E-state index contributed by atoms with van der Waals surface area (Å²) in [6, 6.07) is 7.66. The van der Waals surface area contributed by atoms with Crippen LogP contribution in [0.4, 0.5) is 0 Å². The molecule has 0 heterocycles. The van der Waals surface area contributed by atoms with Crippen molar-refractivity contribution in [1.82, 2.24) is 0 Å². The summed E-state index contributed by atoms with van der Waals surface area (Å²) in [6.45, 7) is 5.02. The van der Waals surface area contributed by atoms with Crippen LogP contribution in [-0.4, -0.2) is 19.3 Å². The average molecular weight is 265 g/mol. The number of rotatable bonds is 9. The molecule has 2 N–H and O–H groups in total. The largest absolute Gasteiger partial charge is 0.497 e. The predicted octanol–water partition coefficient (Wildman–Crippen LogP) is 3.76. The monoisotopic (exact) mass is 265 g/mol. The number of hydrogen-bond acceptors (Lipinski definition) is 3. The first-order chi connectivity index (χ1) is 9.13. The second-order valence-electron chi connectivity index (χ2n) is 5.09. The van der Waals surface area contributed by atoms with Crippen molar-refractivity contribution in [1.29, 1.82) is 0 Å². The molecule has 1 atom stereocenters. The third-order valence-corrected chi connectivity index (χ3v) is 3.66. The summed E-state index contributed by atoms with van der Waals surface area (Å²) in [6.07, 6.45) is 5.35. The fourth-order valence-electron chi connectivity index (χ4n) is 2.05. The van der Waals surface area contributed by atoms with E-state index in [2.05, 4.69) is 13.8 Å². The van der Waals surface area contributed by atoms with Gasteiger partial charge in [0.2, 0.25) is 0 Å². The van der Waals surface area contributed by atoms with Crippen LogP contribution in [0.15, 0.2) is 24.3 Å². The Kier molecular flexibility index (Phi) is 6.71. The average Bonchev–Trinajstić information content (AvgIpc) is 2.46. The summed E-state index contributed by atoms with van der Waals surface area (Å²) in [5, 5.41) is 0. The van der Waals surface area contributed by atoms with Crippen molar-refractivity contribution >= 4 is 0 Å². The van der Waals surface area contributed by atoms with Crippen molar-refractivity contribution in [3.8, 4) is 11.5 Å². The van der Waals surface area contributed by atoms with E-state index in [0.717, 1.165) is 30.8 Å². The van der Waals surface area contributed by atoms with E-state index in [1.807, 2.05) is 24.3 Å². The SMILES string of the molecule is CCCCC(N)(CC)CCOc1ccc(OC)cc1. The summed E-state index contributed by atoms with van der Waals surface area (Å²) >= 11 is 0. The van der Waals surface area contributed by atoms with E-state index in [1.165, 1.54) is 12.8 Å². The van der Waals surface area contributed by atoms with Gasteiger partial charge in [0, 0.05) is 5.54 Å². The highest BCUT2D eigenvalue weighted by Crippen LogP contribution is 2.21. The molecular formula is C16H27NO2. The summed E-state index contributed by atoms with van der Waals surface area (Å²) in [5.41, 5.74) is 6.31. The molecule has 0 bridgehead atoms. The Bertz CT molecular complexity index is 350. The molecule has 0 amide bonds. The van der Waals surface area contributed by atoms with Gasteiger partial charge in [-0.2, -0.15) is 0 Å². The van der Waals surface area contributed by atoms with E-state index in [-0.39, 0.29) is 5.54 Å². The van der Waals surface area contributed by atoms with Gasteiger partial charge in [-0.3, -0.25) is 0 Å². The minimum atomic E-state index is -0.0809. The third-order valence-electron chi connectivity index (χ3n) is 3.66. The zero-order chi connectivity index (χ0) is 14.1. The first-order valence-electron chi connectivity index (χ1n) is 7.19. The minimum Gasteiger partial charge on any atom is -0.497 e. The van der Waals surface area contributed by atoms with Gasteiger partial charge in [-0.05, 0) is 43.5 Å². The van der Waals surface area contributed by atoms with Crippen molar-refractivity contribution in [3.63, 3.8) is 0 Å². The number of unbranched alkanes of at least 4 members (excludes halogenated alkanes) is 1. The molecule has 0 aliphatic rings. The molecule has 0 aliphatic heterocycles. The summed E-state index contributed by atoms with van der Waals surface area (Å²) < 4.78 is 10.9. The smallest absolute Gasteiger partial charge is 0.119 e. The maximum Gasteiger partial charge on any atom is 0.119 e. The number of hydrogen-bond donors (Lipinski definition) is 1. The Hall–Kier alpha value is -1.22. The zero-order valence-corrected chi connectivity index (χ0v) is 12.4. The molecule has 3 heteroatoms. The lowest BCUT2D eigenvalue weighted by atomic mass is 9.88. The third kappa shape index (κ3) is 5.52. The van der Waals surface area contributed by atoms with Crippen LogP contribution in [0.25, 0.3) is 0 Å². The number of ether oxygens (including phenoxy) is 2. The lowest BCUT2D eigenvalue weighted by Gasteiger charge is -2.28. The molecular weight excluding hydrogens is 238 g/mol. The molecule has 0 aromatic heterocycles. The highest BCUT2D eigenvalue weighted by Gasteiger charge is 2.21. The molecule has 1 unspecified atom stereocenters. The second-order valence-corrected chi connectivity index (χ2v) is 5.09. The van der Waals surface area contributed by atoms with Gasteiger partial charge in [-0.15, -0.1) is 0 Å². The first kappa shape index (κ1) is 15.8. The van der Waals surface area contributed by atoms with Gasteiger partial charge in [0.05, 0.1) is 13.7 Å². The topological polar surface area (TPSA) is 44.5 Å². The summed E-state index contributed by atoms with van der Waals surface area (Å²) in [4.78, 5) is 0. The van der Waals surface area contributed by atoms with Gasteiger partial charge in [0.1, 0.15) is 11.5 Å². The maximum absolute atomic E-state index is 6.39. The van der Waals surface area contributed by atoms with E-state index in [4.69, 9.17) is 15.2 Å². The Labute approximate surface area is 117 Å². The van der Waals surface area contributed by atoms with Crippen LogP contribution in [0, 0.1) is 0 Å². The molecule has 3 nitrogen and oxygen atoms in total. The van der Waals surface area contributed by atoms with Crippen LogP contribution in [0.5, 0.6) is 11.5 Å². The molecule has 108 valence electrons. The van der Waals surface area contributed by atoms with Crippen molar-refractivity contribution < 1.29 is 9.47 Å². The van der Waals surface area contributed by atoms with Crippen LogP contribution >= 0.6 is 0 Å². The van der Waals surface area contributed by atoms with E-state index in [1.54, 1.807) is 7.11 Å². The van der Waals surface area contributed by atoms with Crippen LogP contribution in [0.3, 0.4) is 0 Å². The minimum absolute atomic E-state index is 0.0809. The second kappa shape index (κ2) is 8.05. The highest BCUT2D eigenvalue weighted by atomic mass is 16.5. The normalized spacial score (nSPS) is 13.9. The van der Waals surface area contributed by atoms with Gasteiger partial charge in [-0.1, -0.05) is 26.7 Å². The number of nitrogens with two attached hydrogens (primary N) is 1. The Morgan fingerprint density at radius 2 is 1.68 bits per heavy atom. The van der Waals surface area contributed by atoms with Crippen molar-refractivity contribution in [2.45, 2.75) is 51.5 Å². The molecule has 0 aliphatic carbocycles. The van der Waals surface area contributed by atoms with Crippen molar-refractivity contribution in [2.24, 2.45) is 5.73 Å². The van der Waals surface area contributed by atoms with Crippen LogP contribution in [-0.2, 0) is 0 Å². The van der Waals surface area contributed by atoms with Gasteiger partial charge in [-0.25, -0.2) is 0 Å². The van der Waals surface area contributed by atoms with Crippen LogP contribution in [0.1, 0.15) is 46.0 Å². The Balaban J connectivity index is 2.38. The lowest BCUT2D eigenvalue weighted by molar-refractivity contribution is 0.240. The van der Waals surface area contributed by atoms with E-state index >= 15 is 0 Å². The van der Waals surface area contributed by atoms with Gasteiger partial charge in [0.15, 0.2) is 0 Å². The van der Waals surface area contributed by atoms with E-state index in [0.29, 0.717) is 6.61 Å². The number of benzene rings is 1. The fourth-order valence-corrected chi connectivity index (χ4v) is 2.05. The quantitative estimate of drug-likeness (QED) is 0.739. The molecule has 1 rings (SSSR count). The van der Waals surface area contributed by atoms with E-state index in [9.17, 15) is 0 Å². The molecule has 0 fully saturated rings. The molecule has 0 radical (unpaired) electrons. The summed E-state index contributed by atoms with van der Waals surface area (Å²) in [7, 11) is 1.66. The van der Waals surface area contributed by atoms with Crippen LogP contribution < -0.4 is 15.2 Å². The Morgan fingerprint density at radius 1 is 1.05 bits per heavy atom. The molecule has 0 saturated carbocycles. The molecule has 19 heavy (non-hydrogen) atoms. The van der Waals surface area contributed by atoms with Crippen molar-refractivity contribution in [3.05, 3.63) is 24.3 Å². The molecule has 0 saturated heterocycles. The standard InChI is InChI=1S/C16H27NO2/c1-4-6-11-16(17,5-2)12-13-19-15-9-7-14(18-3)8-10-15/h7-10H,4-6,11-13,17H2,1-3H3.